The van der Waals surface area contributed by atoms with E-state index in [2.05, 4.69) is 22.6 Å². The number of piperidine rings is 1. The number of likely N-dealkylation sites (tertiary alicyclic amines) is 1. The highest BCUT2D eigenvalue weighted by atomic mass is 15.1. The summed E-state index contributed by atoms with van der Waals surface area (Å²) in [6.07, 6.45) is 4.28. The van der Waals surface area contributed by atoms with Crippen LogP contribution in [0.5, 0.6) is 0 Å². The maximum absolute atomic E-state index is 3.22. The molecule has 0 amide bonds. The lowest BCUT2D eigenvalue weighted by atomic mass is 10.1. The first kappa shape index (κ1) is 11.0. The number of piperazine rings is 1. The summed E-state index contributed by atoms with van der Waals surface area (Å²) in [5.41, 5.74) is 0. The van der Waals surface area contributed by atoms with Gasteiger partial charge in [-0.25, -0.2) is 0 Å². The smallest absolute Gasteiger partial charge is 0.00772 e. The molecule has 78 valence electrons. The molecule has 2 aliphatic rings. The van der Waals surface area contributed by atoms with Crippen molar-refractivity contribution < 1.29 is 0 Å². The van der Waals surface area contributed by atoms with E-state index in [0.29, 0.717) is 0 Å². The van der Waals surface area contributed by atoms with Gasteiger partial charge in [-0.05, 0) is 33.0 Å². The largest absolute Gasteiger partial charge is 0.314 e. The Morgan fingerprint density at radius 1 is 0.769 bits per heavy atom. The topological polar surface area (TPSA) is 27.3 Å². The number of nitrogens with zero attached hydrogens (tertiary/aromatic N) is 1. The van der Waals surface area contributed by atoms with Crippen LogP contribution in [0.4, 0.5) is 0 Å². The van der Waals surface area contributed by atoms with Gasteiger partial charge in [0.15, 0.2) is 0 Å². The summed E-state index contributed by atoms with van der Waals surface area (Å²) in [7, 11) is 2.19. The summed E-state index contributed by atoms with van der Waals surface area (Å²) in [4.78, 5) is 2.39. The fourth-order valence-corrected chi connectivity index (χ4v) is 1.66. The first-order valence-electron chi connectivity index (χ1n) is 5.49. The minimum absolute atomic E-state index is 1.14. The average molecular weight is 185 g/mol. The standard InChI is InChI=1S/C6H13N.C4H10N2/c1-7-5-3-2-4-6-7;1-2-6-4-3-5-1/h2-6H2,1H3;5-6H,1-4H2. The maximum Gasteiger partial charge on any atom is 0.00772 e. The lowest BCUT2D eigenvalue weighted by molar-refractivity contribution is 0.277. The molecule has 2 fully saturated rings. The molecule has 0 radical (unpaired) electrons. The van der Waals surface area contributed by atoms with E-state index < -0.39 is 0 Å². The lowest BCUT2D eigenvalue weighted by Gasteiger charge is -2.20. The van der Waals surface area contributed by atoms with E-state index in [4.69, 9.17) is 0 Å². The molecule has 0 aromatic rings. The molecule has 2 N–H and O–H groups in total. The molecule has 3 heteroatoms. The summed E-state index contributed by atoms with van der Waals surface area (Å²) in [5.74, 6) is 0. The van der Waals surface area contributed by atoms with Gasteiger partial charge in [-0.15, -0.1) is 0 Å². The van der Waals surface area contributed by atoms with Gasteiger partial charge < -0.3 is 15.5 Å². The number of hydrogen-bond acceptors (Lipinski definition) is 3. The van der Waals surface area contributed by atoms with E-state index in [-0.39, 0.29) is 0 Å². The Hall–Kier alpha value is -0.120. The van der Waals surface area contributed by atoms with Crippen LogP contribution in [0.1, 0.15) is 19.3 Å². The molecular weight excluding hydrogens is 162 g/mol. The van der Waals surface area contributed by atoms with E-state index in [0.717, 1.165) is 26.2 Å². The predicted molar refractivity (Wildman–Crippen MR) is 57.1 cm³/mol. The molecule has 0 spiro atoms. The van der Waals surface area contributed by atoms with Crippen LogP contribution in [-0.4, -0.2) is 51.2 Å². The van der Waals surface area contributed by atoms with Crippen LogP contribution in [0, 0.1) is 0 Å². The Balaban J connectivity index is 0.000000132. The van der Waals surface area contributed by atoms with Crippen molar-refractivity contribution in [3.63, 3.8) is 0 Å². The zero-order chi connectivity index (χ0) is 9.36. The van der Waals surface area contributed by atoms with Crippen molar-refractivity contribution in [1.29, 1.82) is 0 Å². The second-order valence-electron chi connectivity index (χ2n) is 3.86. The lowest BCUT2D eigenvalue weighted by Crippen LogP contribution is -2.39. The third-order valence-corrected chi connectivity index (χ3v) is 2.54. The molecule has 2 heterocycles. The van der Waals surface area contributed by atoms with Gasteiger partial charge in [0.1, 0.15) is 0 Å². The van der Waals surface area contributed by atoms with Gasteiger partial charge >= 0.3 is 0 Å². The molecule has 0 saturated carbocycles. The monoisotopic (exact) mass is 185 g/mol. The Kier molecular flexibility index (Phi) is 6.15. The maximum atomic E-state index is 3.22. The van der Waals surface area contributed by atoms with Crippen molar-refractivity contribution >= 4 is 0 Å². The zero-order valence-corrected chi connectivity index (χ0v) is 8.81. The fraction of sp³-hybridized carbons (Fsp3) is 1.00. The van der Waals surface area contributed by atoms with Crippen LogP contribution >= 0.6 is 0 Å². The predicted octanol–water partition coefficient (Wildman–Crippen LogP) is 0.281. The number of nitrogens with one attached hydrogen (secondary N) is 2. The second kappa shape index (κ2) is 7.30. The van der Waals surface area contributed by atoms with Crippen molar-refractivity contribution in [3.05, 3.63) is 0 Å². The van der Waals surface area contributed by atoms with Crippen LogP contribution in [0.3, 0.4) is 0 Å². The third-order valence-electron chi connectivity index (χ3n) is 2.54. The van der Waals surface area contributed by atoms with Gasteiger partial charge in [0.05, 0.1) is 0 Å². The van der Waals surface area contributed by atoms with Crippen LogP contribution in [-0.2, 0) is 0 Å². The highest BCUT2D eigenvalue weighted by molar-refractivity contribution is 4.59. The van der Waals surface area contributed by atoms with Crippen LogP contribution in [0.2, 0.25) is 0 Å². The van der Waals surface area contributed by atoms with Crippen LogP contribution in [0.15, 0.2) is 0 Å². The molecule has 13 heavy (non-hydrogen) atoms. The van der Waals surface area contributed by atoms with Crippen LogP contribution in [0.25, 0.3) is 0 Å². The van der Waals surface area contributed by atoms with Gasteiger partial charge in [0.2, 0.25) is 0 Å². The summed E-state index contributed by atoms with van der Waals surface area (Å²) in [6, 6.07) is 0. The third kappa shape index (κ3) is 6.02. The van der Waals surface area contributed by atoms with Gasteiger partial charge in [-0.2, -0.15) is 0 Å². The molecular formula is C10H23N3. The quantitative estimate of drug-likeness (QED) is 0.568. The van der Waals surface area contributed by atoms with E-state index in [1.54, 1.807) is 0 Å². The minimum Gasteiger partial charge on any atom is -0.314 e. The highest BCUT2D eigenvalue weighted by Gasteiger charge is 2.02. The Labute approximate surface area is 81.9 Å². The molecule has 2 saturated heterocycles. The molecule has 0 bridgehead atoms. The molecule has 0 aromatic carbocycles. The molecule has 3 nitrogen and oxygen atoms in total. The van der Waals surface area contributed by atoms with Crippen molar-refractivity contribution in [3.8, 4) is 0 Å². The molecule has 0 atom stereocenters. The van der Waals surface area contributed by atoms with Crippen molar-refractivity contribution in [2.75, 3.05) is 46.3 Å². The number of hydrogen-bond donors (Lipinski definition) is 2. The Bertz CT molecular complexity index is 95.2. The van der Waals surface area contributed by atoms with Crippen LogP contribution < -0.4 is 10.6 Å². The first-order valence-corrected chi connectivity index (χ1v) is 5.49. The fourth-order valence-electron chi connectivity index (χ4n) is 1.66. The Morgan fingerprint density at radius 2 is 1.23 bits per heavy atom. The first-order chi connectivity index (χ1) is 6.39. The minimum atomic E-state index is 1.14. The molecule has 0 aliphatic carbocycles. The van der Waals surface area contributed by atoms with Crippen molar-refractivity contribution in [2.24, 2.45) is 0 Å². The van der Waals surface area contributed by atoms with E-state index in [1.165, 1.54) is 32.4 Å². The van der Waals surface area contributed by atoms with Crippen molar-refractivity contribution in [1.82, 2.24) is 15.5 Å². The summed E-state index contributed by atoms with van der Waals surface area (Å²) >= 11 is 0. The van der Waals surface area contributed by atoms with Crippen molar-refractivity contribution in [2.45, 2.75) is 19.3 Å². The van der Waals surface area contributed by atoms with E-state index in [9.17, 15) is 0 Å². The summed E-state index contributed by atoms with van der Waals surface area (Å²) in [5, 5.41) is 6.44. The van der Waals surface area contributed by atoms with Gasteiger partial charge in [-0.3, -0.25) is 0 Å². The Morgan fingerprint density at radius 3 is 1.46 bits per heavy atom. The van der Waals surface area contributed by atoms with Gasteiger partial charge in [0, 0.05) is 26.2 Å². The molecule has 2 rings (SSSR count). The highest BCUT2D eigenvalue weighted by Crippen LogP contribution is 2.04. The summed E-state index contributed by atoms with van der Waals surface area (Å²) < 4.78 is 0. The number of rotatable bonds is 0. The van der Waals surface area contributed by atoms with E-state index >= 15 is 0 Å². The normalized spacial score (nSPS) is 24.7. The zero-order valence-electron chi connectivity index (χ0n) is 8.81. The SMILES string of the molecule is C1CNCCN1.CN1CCCCC1. The average Bonchev–Trinajstić information content (AvgIpc) is 2.22. The summed E-state index contributed by atoms with van der Waals surface area (Å²) in [6.45, 7) is 7.19. The van der Waals surface area contributed by atoms with Gasteiger partial charge in [0.25, 0.3) is 0 Å². The molecule has 0 unspecified atom stereocenters. The van der Waals surface area contributed by atoms with Gasteiger partial charge in [-0.1, -0.05) is 6.42 Å². The molecule has 2 aliphatic heterocycles. The molecule has 0 aromatic heterocycles. The van der Waals surface area contributed by atoms with E-state index in [1.807, 2.05) is 0 Å². The second-order valence-corrected chi connectivity index (χ2v) is 3.86.